The highest BCUT2D eigenvalue weighted by atomic mass is 16.5. The van der Waals surface area contributed by atoms with Gasteiger partial charge in [0.15, 0.2) is 0 Å². The number of para-hydroxylation sites is 1. The Morgan fingerprint density at radius 1 is 1.11 bits per heavy atom. The second-order valence-corrected chi connectivity index (χ2v) is 7.24. The molecular formula is C21H29N3O4. The van der Waals surface area contributed by atoms with Crippen molar-refractivity contribution in [2.24, 2.45) is 5.92 Å². The molecule has 1 heterocycles. The normalized spacial score (nSPS) is 12.0. The topological polar surface area (TPSA) is 100 Å². The van der Waals surface area contributed by atoms with Gasteiger partial charge in [-0.2, -0.15) is 0 Å². The molecule has 0 unspecified atom stereocenters. The average Bonchev–Trinajstić information content (AvgIpc) is 3.01. The minimum absolute atomic E-state index is 0.0194. The molecule has 1 atom stereocenters. The second kappa shape index (κ2) is 9.92. The Bertz CT molecular complexity index is 841. The molecule has 0 aliphatic heterocycles. The number of aromatic amines is 1. The van der Waals surface area contributed by atoms with Crippen LogP contribution in [0.2, 0.25) is 0 Å². The molecule has 1 aromatic heterocycles. The fourth-order valence-corrected chi connectivity index (χ4v) is 3.24. The van der Waals surface area contributed by atoms with E-state index in [1.807, 2.05) is 24.3 Å². The van der Waals surface area contributed by atoms with Gasteiger partial charge in [0.2, 0.25) is 11.8 Å². The van der Waals surface area contributed by atoms with Gasteiger partial charge in [0.1, 0.15) is 6.04 Å². The van der Waals surface area contributed by atoms with E-state index < -0.39 is 12.0 Å². The molecule has 0 bridgehead atoms. The van der Waals surface area contributed by atoms with Gasteiger partial charge in [-0.25, -0.2) is 0 Å². The largest absolute Gasteiger partial charge is 0.469 e. The molecule has 1 aromatic carbocycles. The van der Waals surface area contributed by atoms with Crippen LogP contribution < -0.4 is 10.6 Å². The molecule has 2 rings (SSSR count). The van der Waals surface area contributed by atoms with Crippen LogP contribution in [0.4, 0.5) is 0 Å². The molecule has 0 spiro atoms. The van der Waals surface area contributed by atoms with Crippen molar-refractivity contribution in [1.82, 2.24) is 15.6 Å². The van der Waals surface area contributed by atoms with Crippen LogP contribution in [-0.4, -0.2) is 43.0 Å². The summed E-state index contributed by atoms with van der Waals surface area (Å²) in [6.45, 7) is 4.28. The summed E-state index contributed by atoms with van der Waals surface area (Å²) in [4.78, 5) is 39.4. The van der Waals surface area contributed by atoms with Crippen LogP contribution in [0.1, 0.15) is 37.9 Å². The first-order valence-corrected chi connectivity index (χ1v) is 9.51. The smallest absolute Gasteiger partial charge is 0.306 e. The maximum atomic E-state index is 12.4. The molecule has 0 saturated heterocycles. The summed E-state index contributed by atoms with van der Waals surface area (Å²) in [5.41, 5.74) is 3.13. The van der Waals surface area contributed by atoms with Crippen LogP contribution in [0, 0.1) is 5.92 Å². The van der Waals surface area contributed by atoms with E-state index in [-0.39, 0.29) is 24.7 Å². The van der Waals surface area contributed by atoms with Crippen LogP contribution in [0.3, 0.4) is 0 Å². The molecule has 0 radical (unpaired) electrons. The number of benzene rings is 1. The quantitative estimate of drug-likeness (QED) is 0.574. The van der Waals surface area contributed by atoms with Gasteiger partial charge < -0.3 is 20.4 Å². The standard InChI is InChI=1S/C21H29N3O4/c1-13(2)11-17-15(14-7-5-6-8-16(14)23-17)12-18(21(27)22-3)24-19(25)9-10-20(26)28-4/h5-8,13,18,23H,9-12H2,1-4H3,(H,22,27)(H,24,25)/t18-/m1/s1. The summed E-state index contributed by atoms with van der Waals surface area (Å²) < 4.78 is 4.56. The average molecular weight is 387 g/mol. The molecule has 28 heavy (non-hydrogen) atoms. The maximum Gasteiger partial charge on any atom is 0.306 e. The number of fused-ring (bicyclic) bond motifs is 1. The zero-order valence-electron chi connectivity index (χ0n) is 16.9. The number of aromatic nitrogens is 1. The number of likely N-dealkylation sites (N-methyl/N-ethyl adjacent to an activating group) is 1. The molecule has 0 fully saturated rings. The lowest BCUT2D eigenvalue weighted by atomic mass is 9.97. The van der Waals surface area contributed by atoms with Crippen molar-refractivity contribution in [1.29, 1.82) is 0 Å². The highest BCUT2D eigenvalue weighted by Crippen LogP contribution is 2.26. The molecule has 7 heteroatoms. The molecule has 7 nitrogen and oxygen atoms in total. The zero-order valence-corrected chi connectivity index (χ0v) is 16.9. The number of amides is 2. The summed E-state index contributed by atoms with van der Waals surface area (Å²) in [5, 5.41) is 6.42. The molecule has 3 N–H and O–H groups in total. The molecule has 0 aliphatic rings. The van der Waals surface area contributed by atoms with Gasteiger partial charge in [-0.3, -0.25) is 14.4 Å². The lowest BCUT2D eigenvalue weighted by Gasteiger charge is -2.18. The molecule has 0 aliphatic carbocycles. The molecular weight excluding hydrogens is 358 g/mol. The summed E-state index contributed by atoms with van der Waals surface area (Å²) in [6.07, 6.45) is 1.18. The van der Waals surface area contributed by atoms with E-state index in [4.69, 9.17) is 0 Å². The van der Waals surface area contributed by atoms with Gasteiger partial charge in [-0.1, -0.05) is 32.0 Å². The van der Waals surface area contributed by atoms with Crippen molar-refractivity contribution < 1.29 is 19.1 Å². The number of ether oxygens (including phenoxy) is 1. The Balaban J connectivity index is 2.25. The number of methoxy groups -OCH3 is 1. The predicted octanol–water partition coefficient (Wildman–Crippen LogP) is 2.09. The molecule has 0 saturated carbocycles. The third kappa shape index (κ3) is 5.58. The Morgan fingerprint density at radius 2 is 1.82 bits per heavy atom. The minimum atomic E-state index is -0.722. The van der Waals surface area contributed by atoms with E-state index in [2.05, 4.69) is 34.2 Å². The highest BCUT2D eigenvalue weighted by Gasteiger charge is 2.24. The predicted molar refractivity (Wildman–Crippen MR) is 108 cm³/mol. The van der Waals surface area contributed by atoms with Crippen molar-refractivity contribution >= 4 is 28.7 Å². The lowest BCUT2D eigenvalue weighted by molar-refractivity contribution is -0.142. The van der Waals surface area contributed by atoms with Crippen LogP contribution in [-0.2, 0) is 32.0 Å². The Morgan fingerprint density at radius 3 is 2.46 bits per heavy atom. The van der Waals surface area contributed by atoms with Gasteiger partial charge in [-0.15, -0.1) is 0 Å². The number of H-pyrrole nitrogens is 1. The van der Waals surface area contributed by atoms with E-state index in [0.717, 1.165) is 28.6 Å². The number of hydrogen-bond acceptors (Lipinski definition) is 4. The minimum Gasteiger partial charge on any atom is -0.469 e. The van der Waals surface area contributed by atoms with Crippen LogP contribution in [0.5, 0.6) is 0 Å². The van der Waals surface area contributed by atoms with Gasteiger partial charge in [0.25, 0.3) is 0 Å². The molecule has 2 aromatic rings. The Kier molecular flexibility index (Phi) is 7.61. The lowest BCUT2D eigenvalue weighted by Crippen LogP contribution is -2.47. The van der Waals surface area contributed by atoms with Crippen molar-refractivity contribution in [3.05, 3.63) is 35.5 Å². The van der Waals surface area contributed by atoms with Crippen molar-refractivity contribution in [2.45, 2.75) is 45.6 Å². The van der Waals surface area contributed by atoms with Crippen LogP contribution in [0.15, 0.2) is 24.3 Å². The SMILES string of the molecule is CNC(=O)[C@@H](Cc1c(CC(C)C)[nH]c2ccccc12)NC(=O)CCC(=O)OC. The van der Waals surface area contributed by atoms with E-state index in [1.165, 1.54) is 7.11 Å². The van der Waals surface area contributed by atoms with E-state index in [1.54, 1.807) is 7.05 Å². The van der Waals surface area contributed by atoms with Crippen molar-refractivity contribution in [3.8, 4) is 0 Å². The number of rotatable bonds is 9. The van der Waals surface area contributed by atoms with E-state index in [9.17, 15) is 14.4 Å². The fraction of sp³-hybridized carbons (Fsp3) is 0.476. The van der Waals surface area contributed by atoms with Crippen LogP contribution >= 0.6 is 0 Å². The van der Waals surface area contributed by atoms with Gasteiger partial charge in [-0.05, 0) is 24.0 Å². The van der Waals surface area contributed by atoms with Crippen molar-refractivity contribution in [3.63, 3.8) is 0 Å². The fourth-order valence-electron chi connectivity index (χ4n) is 3.24. The van der Waals surface area contributed by atoms with E-state index >= 15 is 0 Å². The Hall–Kier alpha value is -2.83. The summed E-state index contributed by atoms with van der Waals surface area (Å²) >= 11 is 0. The first kappa shape index (κ1) is 21.5. The highest BCUT2D eigenvalue weighted by molar-refractivity contribution is 5.90. The first-order valence-electron chi connectivity index (χ1n) is 9.51. The number of nitrogens with one attached hydrogen (secondary N) is 3. The van der Waals surface area contributed by atoms with Gasteiger partial charge in [0.05, 0.1) is 13.5 Å². The second-order valence-electron chi connectivity index (χ2n) is 7.24. The van der Waals surface area contributed by atoms with Crippen LogP contribution in [0.25, 0.3) is 10.9 Å². The first-order chi connectivity index (χ1) is 13.3. The zero-order chi connectivity index (χ0) is 20.7. The van der Waals surface area contributed by atoms with Crippen molar-refractivity contribution in [2.75, 3.05) is 14.2 Å². The summed E-state index contributed by atoms with van der Waals surface area (Å²) in [6, 6.07) is 7.23. The van der Waals surface area contributed by atoms with E-state index in [0.29, 0.717) is 12.3 Å². The van der Waals surface area contributed by atoms with Gasteiger partial charge in [0, 0.05) is 36.5 Å². The van der Waals surface area contributed by atoms with Gasteiger partial charge >= 0.3 is 5.97 Å². The summed E-state index contributed by atoms with van der Waals surface area (Å²) in [5.74, 6) is -0.640. The molecule has 2 amide bonds. The number of carbonyl (C=O) groups excluding carboxylic acids is 3. The Labute approximate surface area is 165 Å². The maximum absolute atomic E-state index is 12.4. The number of carbonyl (C=O) groups is 3. The third-order valence-electron chi connectivity index (χ3n) is 4.60. The monoisotopic (exact) mass is 387 g/mol. The number of esters is 1. The third-order valence-corrected chi connectivity index (χ3v) is 4.60. The summed E-state index contributed by atoms with van der Waals surface area (Å²) in [7, 11) is 2.82. The molecule has 152 valence electrons. The number of hydrogen-bond donors (Lipinski definition) is 3.